The number of carbonyl (C=O) groups is 1. The van der Waals surface area contributed by atoms with Gasteiger partial charge in [-0.3, -0.25) is 14.7 Å². The predicted octanol–water partition coefficient (Wildman–Crippen LogP) is 4.08. The summed E-state index contributed by atoms with van der Waals surface area (Å²) in [5.74, 6) is 1.05. The maximum absolute atomic E-state index is 13.1. The van der Waals surface area contributed by atoms with E-state index < -0.39 is 0 Å². The van der Waals surface area contributed by atoms with Crippen LogP contribution < -0.4 is 0 Å². The van der Waals surface area contributed by atoms with Crippen molar-refractivity contribution in [2.45, 2.75) is 50.5 Å². The van der Waals surface area contributed by atoms with Gasteiger partial charge in [-0.2, -0.15) is 0 Å². The van der Waals surface area contributed by atoms with Crippen LogP contribution >= 0.6 is 0 Å². The highest BCUT2D eigenvalue weighted by Gasteiger charge is 2.30. The van der Waals surface area contributed by atoms with E-state index in [9.17, 15) is 4.79 Å². The summed E-state index contributed by atoms with van der Waals surface area (Å²) in [7, 11) is 1.69. The van der Waals surface area contributed by atoms with Gasteiger partial charge in [-0.1, -0.05) is 0 Å². The second-order valence-corrected chi connectivity index (χ2v) is 9.54. The van der Waals surface area contributed by atoms with Crippen molar-refractivity contribution in [3.8, 4) is 0 Å². The number of aromatic amines is 1. The van der Waals surface area contributed by atoms with Crippen LogP contribution in [0.1, 0.15) is 50.0 Å². The van der Waals surface area contributed by atoms with Gasteiger partial charge in [-0.05, 0) is 68.7 Å². The number of nitrogens with zero attached hydrogens (tertiary/aromatic N) is 3. The van der Waals surface area contributed by atoms with Crippen molar-refractivity contribution < 1.29 is 14.3 Å². The molecule has 3 aromatic rings. The van der Waals surface area contributed by atoms with Gasteiger partial charge in [-0.15, -0.1) is 0 Å². The predicted molar refractivity (Wildman–Crippen MR) is 128 cm³/mol. The topological polar surface area (TPSA) is 80.3 Å². The molecule has 33 heavy (non-hydrogen) atoms. The zero-order valence-corrected chi connectivity index (χ0v) is 19.5. The first kappa shape index (κ1) is 22.4. The largest absolute Gasteiger partial charge is 0.382 e. The summed E-state index contributed by atoms with van der Waals surface area (Å²) in [5, 5.41) is 2.35. The first-order valence-corrected chi connectivity index (χ1v) is 12.3. The lowest BCUT2D eigenvalue weighted by molar-refractivity contribution is -0.126. The van der Waals surface area contributed by atoms with Crippen molar-refractivity contribution in [3.63, 3.8) is 0 Å². The molecule has 3 aromatic heterocycles. The van der Waals surface area contributed by atoms with E-state index in [1.807, 2.05) is 18.6 Å². The average Bonchev–Trinajstić information content (AvgIpc) is 3.33. The van der Waals surface area contributed by atoms with E-state index in [1.54, 1.807) is 7.11 Å². The number of rotatable bonds is 8. The Kier molecular flexibility index (Phi) is 6.99. The van der Waals surface area contributed by atoms with Crippen molar-refractivity contribution >= 4 is 27.7 Å². The molecule has 2 fully saturated rings. The third kappa shape index (κ3) is 4.95. The van der Waals surface area contributed by atoms with Crippen molar-refractivity contribution in [2.24, 2.45) is 5.92 Å². The molecule has 1 aliphatic heterocycles. The number of fused-ring (bicyclic) bond motifs is 3. The molecule has 7 nitrogen and oxygen atoms in total. The SMILES string of the molecule is COCCOC1CCCN(CC(=O)C2CCC(c3ccnc4cnc5[nH]ccc5c34)CC2)C1. The summed E-state index contributed by atoms with van der Waals surface area (Å²) in [6, 6.07) is 4.26. The summed E-state index contributed by atoms with van der Waals surface area (Å²) in [6.45, 7) is 3.66. The van der Waals surface area contributed by atoms with Gasteiger partial charge < -0.3 is 14.5 Å². The second kappa shape index (κ2) is 10.3. The smallest absolute Gasteiger partial charge is 0.149 e. The summed E-state index contributed by atoms with van der Waals surface area (Å²) in [5.41, 5.74) is 3.21. The Balaban J connectivity index is 1.19. The molecule has 7 heteroatoms. The number of ether oxygens (including phenoxy) is 2. The number of hydrogen-bond donors (Lipinski definition) is 1. The van der Waals surface area contributed by atoms with Crippen LogP contribution in [0.4, 0.5) is 0 Å². The maximum atomic E-state index is 13.1. The molecule has 0 spiro atoms. The fraction of sp³-hybridized carbons (Fsp3) is 0.577. The highest BCUT2D eigenvalue weighted by atomic mass is 16.5. The Bertz CT molecular complexity index is 1090. The highest BCUT2D eigenvalue weighted by Crippen LogP contribution is 2.40. The Morgan fingerprint density at radius 1 is 1.15 bits per heavy atom. The molecule has 1 unspecified atom stereocenters. The van der Waals surface area contributed by atoms with Crippen molar-refractivity contribution in [3.05, 3.63) is 36.3 Å². The number of carbonyl (C=O) groups excluding carboxylic acids is 1. The quantitative estimate of drug-likeness (QED) is 0.521. The van der Waals surface area contributed by atoms with Gasteiger partial charge in [0.25, 0.3) is 0 Å². The maximum Gasteiger partial charge on any atom is 0.149 e. The number of methoxy groups -OCH3 is 1. The number of aromatic nitrogens is 3. The van der Waals surface area contributed by atoms with Crippen LogP contribution in [0.5, 0.6) is 0 Å². The third-order valence-corrected chi connectivity index (χ3v) is 7.43. The minimum Gasteiger partial charge on any atom is -0.382 e. The number of H-pyrrole nitrogens is 1. The number of hydrogen-bond acceptors (Lipinski definition) is 6. The fourth-order valence-electron chi connectivity index (χ4n) is 5.69. The minimum absolute atomic E-state index is 0.179. The van der Waals surface area contributed by atoms with E-state index in [4.69, 9.17) is 9.47 Å². The van der Waals surface area contributed by atoms with E-state index >= 15 is 0 Å². The molecule has 176 valence electrons. The van der Waals surface area contributed by atoms with Gasteiger partial charge in [0.1, 0.15) is 11.4 Å². The number of ketones is 1. The Morgan fingerprint density at radius 2 is 2.03 bits per heavy atom. The first-order valence-electron chi connectivity index (χ1n) is 12.3. The molecular weight excluding hydrogens is 416 g/mol. The normalized spacial score (nSPS) is 24.5. The van der Waals surface area contributed by atoms with Crippen LogP contribution in [-0.2, 0) is 14.3 Å². The molecule has 1 atom stereocenters. The monoisotopic (exact) mass is 450 g/mol. The lowest BCUT2D eigenvalue weighted by Crippen LogP contribution is -2.44. The molecule has 1 N–H and O–H groups in total. The average molecular weight is 451 g/mol. The highest BCUT2D eigenvalue weighted by molar-refractivity contribution is 6.05. The van der Waals surface area contributed by atoms with E-state index in [0.717, 1.165) is 68.2 Å². The summed E-state index contributed by atoms with van der Waals surface area (Å²) >= 11 is 0. The molecule has 4 heterocycles. The van der Waals surface area contributed by atoms with Gasteiger partial charge in [0.15, 0.2) is 0 Å². The number of pyridine rings is 2. The summed E-state index contributed by atoms with van der Waals surface area (Å²) in [4.78, 5) is 27.7. The first-order chi connectivity index (χ1) is 16.2. The van der Waals surface area contributed by atoms with Gasteiger partial charge in [0.05, 0.1) is 37.6 Å². The van der Waals surface area contributed by atoms with Gasteiger partial charge in [0, 0.05) is 42.7 Å². The van der Waals surface area contributed by atoms with Crippen molar-refractivity contribution in [1.29, 1.82) is 0 Å². The molecule has 0 bridgehead atoms. The molecule has 0 amide bonds. The molecule has 1 saturated carbocycles. The van der Waals surface area contributed by atoms with Crippen molar-refractivity contribution in [1.82, 2.24) is 19.9 Å². The third-order valence-electron chi connectivity index (χ3n) is 7.43. The van der Waals surface area contributed by atoms with Gasteiger partial charge in [0.2, 0.25) is 0 Å². The zero-order chi connectivity index (χ0) is 22.6. The van der Waals surface area contributed by atoms with E-state index in [2.05, 4.69) is 32.0 Å². The second-order valence-electron chi connectivity index (χ2n) is 9.54. The van der Waals surface area contributed by atoms with Crippen LogP contribution in [0.25, 0.3) is 21.9 Å². The van der Waals surface area contributed by atoms with E-state index in [-0.39, 0.29) is 12.0 Å². The van der Waals surface area contributed by atoms with E-state index in [1.165, 1.54) is 10.9 Å². The number of likely N-dealkylation sites (tertiary alicyclic amines) is 1. The molecule has 0 radical (unpaired) electrons. The Morgan fingerprint density at radius 3 is 2.88 bits per heavy atom. The van der Waals surface area contributed by atoms with Crippen LogP contribution in [0.15, 0.2) is 30.7 Å². The fourth-order valence-corrected chi connectivity index (χ4v) is 5.69. The molecule has 1 aliphatic carbocycles. The minimum atomic E-state index is 0.179. The van der Waals surface area contributed by atoms with Crippen LogP contribution in [-0.4, -0.2) is 71.7 Å². The standard InChI is InChI=1S/C26H34N4O3/c1-32-13-14-33-20-3-2-12-30(16-20)17-24(31)19-6-4-18(5-7-19)21-8-10-27-23-15-29-26-22(25(21)23)9-11-28-26/h8-11,15,18-20H,2-7,12-14,16-17H2,1H3,(H,28,29). The number of piperidine rings is 1. The number of nitrogens with one attached hydrogen (secondary N) is 1. The van der Waals surface area contributed by atoms with E-state index in [0.29, 0.717) is 31.5 Å². The van der Waals surface area contributed by atoms with Crippen LogP contribution in [0.2, 0.25) is 0 Å². The lowest BCUT2D eigenvalue weighted by Gasteiger charge is -2.34. The molecular formula is C26H34N4O3. The van der Waals surface area contributed by atoms with Crippen LogP contribution in [0, 0.1) is 5.92 Å². The zero-order valence-electron chi connectivity index (χ0n) is 19.5. The van der Waals surface area contributed by atoms with Gasteiger partial charge in [-0.25, -0.2) is 4.98 Å². The Hall–Kier alpha value is -2.35. The van der Waals surface area contributed by atoms with Crippen molar-refractivity contribution in [2.75, 3.05) is 40.0 Å². The Labute approximate surface area is 194 Å². The lowest BCUT2D eigenvalue weighted by atomic mass is 9.76. The molecule has 0 aromatic carbocycles. The molecule has 5 rings (SSSR count). The van der Waals surface area contributed by atoms with Gasteiger partial charge >= 0.3 is 0 Å². The van der Waals surface area contributed by atoms with Crippen LogP contribution in [0.3, 0.4) is 0 Å². The number of Topliss-reactive ketones (excluding diaryl/α,β-unsaturated/α-hetero) is 1. The summed E-state index contributed by atoms with van der Waals surface area (Å²) in [6.07, 6.45) is 12.1. The summed E-state index contributed by atoms with van der Waals surface area (Å²) < 4.78 is 11.0. The molecule has 1 saturated heterocycles. The molecule has 2 aliphatic rings.